The van der Waals surface area contributed by atoms with Crippen LogP contribution in [0.3, 0.4) is 0 Å². The van der Waals surface area contributed by atoms with Gasteiger partial charge in [0.15, 0.2) is 0 Å². The molecule has 2 heterocycles. The van der Waals surface area contributed by atoms with E-state index < -0.39 is 35.9 Å². The van der Waals surface area contributed by atoms with Gasteiger partial charge in [0.1, 0.15) is 12.1 Å². The zero-order valence-corrected chi connectivity index (χ0v) is 16.0. The number of amides is 3. The Bertz CT molecular complexity index is 594. The maximum absolute atomic E-state index is 12.5. The molecule has 9 nitrogen and oxygen atoms in total. The molecule has 0 bridgehead atoms. The van der Waals surface area contributed by atoms with E-state index in [1.165, 1.54) is 9.80 Å². The van der Waals surface area contributed by atoms with Crippen LogP contribution >= 0.6 is 0 Å². The normalized spacial score (nSPS) is 23.6. The quantitative estimate of drug-likeness (QED) is 0.546. The summed E-state index contributed by atoms with van der Waals surface area (Å²) in [5, 5.41) is 11.7. The van der Waals surface area contributed by atoms with Gasteiger partial charge in [0.05, 0.1) is 12.6 Å². The summed E-state index contributed by atoms with van der Waals surface area (Å²) in [5.74, 6) is -1.80. The number of nitrogens with two attached hydrogens (primary N) is 1. The number of carbonyl (C=O) groups excluding carboxylic acids is 3. The zero-order chi connectivity index (χ0) is 20.1. The monoisotopic (exact) mass is 382 g/mol. The number of hydrogen-bond donors (Lipinski definition) is 3. The molecule has 152 valence electrons. The molecule has 0 radical (unpaired) electrons. The predicted molar refractivity (Wildman–Crippen MR) is 97.5 cm³/mol. The first-order valence-corrected chi connectivity index (χ1v) is 9.58. The van der Waals surface area contributed by atoms with Crippen molar-refractivity contribution in [1.82, 2.24) is 15.1 Å². The second kappa shape index (κ2) is 9.16. The van der Waals surface area contributed by atoms with Gasteiger partial charge in [0.2, 0.25) is 17.7 Å². The summed E-state index contributed by atoms with van der Waals surface area (Å²) < 4.78 is 0. The van der Waals surface area contributed by atoms with Crippen LogP contribution in [-0.2, 0) is 19.2 Å². The predicted octanol–water partition coefficient (Wildman–Crippen LogP) is -0.457. The van der Waals surface area contributed by atoms with Crippen molar-refractivity contribution in [3.05, 3.63) is 0 Å². The van der Waals surface area contributed by atoms with Gasteiger partial charge in [-0.15, -0.1) is 0 Å². The number of hydrogen-bond acceptors (Lipinski definition) is 5. The Morgan fingerprint density at radius 1 is 1.07 bits per heavy atom. The second-order valence-electron chi connectivity index (χ2n) is 7.73. The number of carboxylic acids is 1. The van der Waals surface area contributed by atoms with Crippen molar-refractivity contribution in [3.8, 4) is 0 Å². The number of aliphatic carboxylic acids is 1. The molecule has 4 N–H and O–H groups in total. The van der Waals surface area contributed by atoms with Gasteiger partial charge >= 0.3 is 5.97 Å². The van der Waals surface area contributed by atoms with E-state index >= 15 is 0 Å². The maximum atomic E-state index is 12.5. The van der Waals surface area contributed by atoms with Crippen molar-refractivity contribution < 1.29 is 24.3 Å². The Morgan fingerprint density at radius 2 is 1.67 bits per heavy atom. The summed E-state index contributed by atoms with van der Waals surface area (Å²) in [6.45, 7) is 4.55. The Labute approximate surface area is 159 Å². The van der Waals surface area contributed by atoms with Crippen molar-refractivity contribution in [2.24, 2.45) is 11.7 Å². The van der Waals surface area contributed by atoms with Gasteiger partial charge in [-0.25, -0.2) is 4.79 Å². The molecule has 0 aromatic heterocycles. The van der Waals surface area contributed by atoms with E-state index in [9.17, 15) is 19.2 Å². The highest BCUT2D eigenvalue weighted by Crippen LogP contribution is 2.20. The standard InChI is InChI=1S/C18H30N4O5/c1-11(2)9-12(19)17(25)22-8-3-5-13(22)16(24)20-10-15(23)21-7-4-6-14(21)18(26)27/h11-14H,3-10,19H2,1-2H3,(H,20,24)(H,26,27). The molecule has 2 rings (SSSR count). The van der Waals surface area contributed by atoms with E-state index in [1.807, 2.05) is 13.8 Å². The topological polar surface area (TPSA) is 133 Å². The van der Waals surface area contributed by atoms with E-state index in [2.05, 4.69) is 5.32 Å². The molecule has 2 fully saturated rings. The van der Waals surface area contributed by atoms with Crippen molar-refractivity contribution in [1.29, 1.82) is 0 Å². The molecule has 0 aromatic carbocycles. The molecule has 9 heteroatoms. The van der Waals surface area contributed by atoms with E-state index in [-0.39, 0.29) is 18.4 Å². The summed E-state index contributed by atoms with van der Waals surface area (Å²) in [7, 11) is 0. The minimum atomic E-state index is -1.03. The summed E-state index contributed by atoms with van der Waals surface area (Å²) >= 11 is 0. The lowest BCUT2D eigenvalue weighted by Crippen LogP contribution is -2.53. The number of carbonyl (C=O) groups is 4. The molecule has 0 aliphatic carbocycles. The van der Waals surface area contributed by atoms with Crippen LogP contribution in [-0.4, -0.2) is 76.4 Å². The molecule has 2 saturated heterocycles. The lowest BCUT2D eigenvalue weighted by Gasteiger charge is -2.27. The largest absolute Gasteiger partial charge is 0.480 e. The molecule has 0 saturated carbocycles. The average molecular weight is 382 g/mol. The van der Waals surface area contributed by atoms with Gasteiger partial charge in [0.25, 0.3) is 0 Å². The van der Waals surface area contributed by atoms with E-state index in [0.29, 0.717) is 45.2 Å². The number of carboxylic acid groups (broad SMARTS) is 1. The van der Waals surface area contributed by atoms with Crippen LogP contribution in [0.1, 0.15) is 46.0 Å². The number of rotatable bonds is 7. The SMILES string of the molecule is CC(C)CC(N)C(=O)N1CCCC1C(=O)NCC(=O)N1CCCC1C(=O)O. The lowest BCUT2D eigenvalue weighted by atomic mass is 10.0. The Balaban J connectivity index is 1.90. The van der Waals surface area contributed by atoms with Crippen LogP contribution in [0.15, 0.2) is 0 Å². The third-order valence-corrected chi connectivity index (χ3v) is 5.15. The Morgan fingerprint density at radius 3 is 2.26 bits per heavy atom. The fourth-order valence-electron chi connectivity index (χ4n) is 3.83. The first kappa shape index (κ1) is 21.1. The van der Waals surface area contributed by atoms with Gasteiger partial charge in [-0.2, -0.15) is 0 Å². The average Bonchev–Trinajstić information content (AvgIpc) is 3.26. The highest BCUT2D eigenvalue weighted by Gasteiger charge is 2.37. The summed E-state index contributed by atoms with van der Waals surface area (Å²) in [5.41, 5.74) is 5.97. The van der Waals surface area contributed by atoms with Crippen molar-refractivity contribution in [2.45, 2.75) is 64.1 Å². The molecule has 0 spiro atoms. The van der Waals surface area contributed by atoms with Gasteiger partial charge in [0, 0.05) is 13.1 Å². The summed E-state index contributed by atoms with van der Waals surface area (Å²) in [6, 6.07) is -2.09. The van der Waals surface area contributed by atoms with Crippen LogP contribution in [0.4, 0.5) is 0 Å². The summed E-state index contributed by atoms with van der Waals surface area (Å²) in [4.78, 5) is 51.3. The lowest BCUT2D eigenvalue weighted by molar-refractivity contribution is -0.148. The van der Waals surface area contributed by atoms with Gasteiger partial charge in [-0.1, -0.05) is 13.8 Å². The fraction of sp³-hybridized carbons (Fsp3) is 0.778. The smallest absolute Gasteiger partial charge is 0.326 e. The first-order chi connectivity index (χ1) is 12.7. The first-order valence-electron chi connectivity index (χ1n) is 9.58. The van der Waals surface area contributed by atoms with Gasteiger partial charge in [-0.3, -0.25) is 14.4 Å². The van der Waals surface area contributed by atoms with Crippen LogP contribution in [0.2, 0.25) is 0 Å². The summed E-state index contributed by atoms with van der Waals surface area (Å²) in [6.07, 6.45) is 2.84. The van der Waals surface area contributed by atoms with Crippen molar-refractivity contribution in [3.63, 3.8) is 0 Å². The zero-order valence-electron chi connectivity index (χ0n) is 16.0. The van der Waals surface area contributed by atoms with Crippen LogP contribution in [0, 0.1) is 5.92 Å². The van der Waals surface area contributed by atoms with Crippen molar-refractivity contribution >= 4 is 23.7 Å². The van der Waals surface area contributed by atoms with Crippen LogP contribution in [0.5, 0.6) is 0 Å². The van der Waals surface area contributed by atoms with E-state index in [4.69, 9.17) is 10.8 Å². The number of nitrogens with one attached hydrogen (secondary N) is 1. The molecule has 3 amide bonds. The molecule has 2 aliphatic heterocycles. The maximum Gasteiger partial charge on any atom is 0.326 e. The van der Waals surface area contributed by atoms with Gasteiger partial charge in [-0.05, 0) is 38.0 Å². The van der Waals surface area contributed by atoms with E-state index in [1.54, 1.807) is 0 Å². The highest BCUT2D eigenvalue weighted by atomic mass is 16.4. The number of likely N-dealkylation sites (tertiary alicyclic amines) is 2. The minimum Gasteiger partial charge on any atom is -0.480 e. The molecule has 3 unspecified atom stereocenters. The molecule has 0 aromatic rings. The Kier molecular flexibility index (Phi) is 7.18. The third-order valence-electron chi connectivity index (χ3n) is 5.15. The molecule has 3 atom stereocenters. The second-order valence-corrected chi connectivity index (χ2v) is 7.73. The van der Waals surface area contributed by atoms with Gasteiger partial charge < -0.3 is 26.0 Å². The number of nitrogens with zero attached hydrogens (tertiary/aromatic N) is 2. The Hall–Kier alpha value is -2.16. The third kappa shape index (κ3) is 5.18. The van der Waals surface area contributed by atoms with Crippen LogP contribution < -0.4 is 11.1 Å². The highest BCUT2D eigenvalue weighted by molar-refractivity contribution is 5.93. The van der Waals surface area contributed by atoms with Crippen LogP contribution in [0.25, 0.3) is 0 Å². The van der Waals surface area contributed by atoms with Crippen molar-refractivity contribution in [2.75, 3.05) is 19.6 Å². The van der Waals surface area contributed by atoms with E-state index in [0.717, 1.165) is 0 Å². The molecular formula is C18H30N4O5. The molecule has 2 aliphatic rings. The molecular weight excluding hydrogens is 352 g/mol. The minimum absolute atomic E-state index is 0.238. The fourth-order valence-corrected chi connectivity index (χ4v) is 3.83. The molecule has 27 heavy (non-hydrogen) atoms.